The average molecular weight is 221 g/mol. The van der Waals surface area contributed by atoms with Crippen LogP contribution in [0.2, 0.25) is 0 Å². The van der Waals surface area contributed by atoms with Crippen LogP contribution >= 0.6 is 0 Å². The van der Waals surface area contributed by atoms with Gasteiger partial charge in [-0.15, -0.1) is 0 Å². The van der Waals surface area contributed by atoms with Crippen molar-refractivity contribution in [1.29, 1.82) is 0 Å². The van der Waals surface area contributed by atoms with Gasteiger partial charge in [-0.1, -0.05) is 0 Å². The Labute approximate surface area is 96.2 Å². The summed E-state index contributed by atoms with van der Waals surface area (Å²) in [5.74, 6) is 0.233. The highest BCUT2D eigenvalue weighted by Gasteiger charge is 2.19. The molecule has 0 amide bonds. The highest BCUT2D eigenvalue weighted by atomic mass is 16.1. The minimum atomic E-state index is 0.233. The number of hydrogen-bond acceptors (Lipinski definition) is 3. The van der Waals surface area contributed by atoms with Gasteiger partial charge in [0.05, 0.1) is 11.8 Å². The second-order valence-corrected chi connectivity index (χ2v) is 4.66. The van der Waals surface area contributed by atoms with Crippen LogP contribution in [0.3, 0.4) is 0 Å². The summed E-state index contributed by atoms with van der Waals surface area (Å²) < 4.78 is 1.99. The van der Waals surface area contributed by atoms with Crippen molar-refractivity contribution in [2.45, 2.75) is 32.2 Å². The predicted octanol–water partition coefficient (Wildman–Crippen LogP) is 1.35. The van der Waals surface area contributed by atoms with E-state index in [1.54, 1.807) is 6.20 Å². The Hall–Kier alpha value is -1.16. The first kappa shape index (κ1) is 11.3. The van der Waals surface area contributed by atoms with Crippen LogP contribution in [0.4, 0.5) is 0 Å². The second kappa shape index (κ2) is 4.78. The zero-order valence-corrected chi connectivity index (χ0v) is 10.1. The van der Waals surface area contributed by atoms with E-state index in [1.165, 1.54) is 12.8 Å². The Kier molecular flexibility index (Phi) is 3.39. The van der Waals surface area contributed by atoms with Gasteiger partial charge < -0.3 is 4.90 Å². The van der Waals surface area contributed by atoms with Crippen molar-refractivity contribution in [3.63, 3.8) is 0 Å². The molecule has 16 heavy (non-hydrogen) atoms. The molecule has 88 valence electrons. The van der Waals surface area contributed by atoms with Crippen molar-refractivity contribution >= 4 is 5.78 Å². The normalized spacial score (nSPS) is 15.2. The van der Waals surface area contributed by atoms with Gasteiger partial charge in [-0.05, 0) is 33.4 Å². The molecule has 4 heteroatoms. The van der Waals surface area contributed by atoms with E-state index in [9.17, 15) is 4.79 Å². The maximum Gasteiger partial charge on any atom is 0.167 e. The van der Waals surface area contributed by atoms with Gasteiger partial charge in [0, 0.05) is 25.2 Å². The molecule has 0 radical (unpaired) electrons. The van der Waals surface area contributed by atoms with Crippen molar-refractivity contribution in [2.75, 3.05) is 20.6 Å². The summed E-state index contributed by atoms with van der Waals surface area (Å²) in [4.78, 5) is 14.0. The number of rotatable bonds is 4. The molecular weight excluding hydrogens is 202 g/mol. The first-order valence-corrected chi connectivity index (χ1v) is 5.91. The van der Waals surface area contributed by atoms with E-state index in [0.29, 0.717) is 6.42 Å². The van der Waals surface area contributed by atoms with Gasteiger partial charge in [0.2, 0.25) is 0 Å². The molecule has 0 N–H and O–H groups in total. The van der Waals surface area contributed by atoms with Crippen LogP contribution in [0.5, 0.6) is 0 Å². The fourth-order valence-electron chi connectivity index (χ4n) is 2.11. The lowest BCUT2D eigenvalue weighted by molar-refractivity contribution is 0.0971. The van der Waals surface area contributed by atoms with Crippen molar-refractivity contribution in [3.8, 4) is 0 Å². The number of nitrogens with zero attached hydrogens (tertiary/aromatic N) is 3. The predicted molar refractivity (Wildman–Crippen MR) is 62.7 cm³/mol. The number of hydrogen-bond donors (Lipinski definition) is 0. The van der Waals surface area contributed by atoms with E-state index >= 15 is 0 Å². The van der Waals surface area contributed by atoms with E-state index in [4.69, 9.17) is 0 Å². The maximum atomic E-state index is 12.0. The summed E-state index contributed by atoms with van der Waals surface area (Å²) in [6.07, 6.45) is 5.70. The SMILES string of the molecule is CN(C)CCC(=O)c1cnn2c1CCCC2. The number of aryl methyl sites for hydroxylation is 1. The number of aromatic nitrogens is 2. The van der Waals surface area contributed by atoms with Crippen LogP contribution in [0.25, 0.3) is 0 Å². The standard InChI is InChI=1S/C12H19N3O/c1-14(2)8-6-12(16)10-9-13-15-7-4-3-5-11(10)15/h9H,3-8H2,1-2H3. The fraction of sp³-hybridized carbons (Fsp3) is 0.667. The molecule has 0 unspecified atom stereocenters. The lowest BCUT2D eigenvalue weighted by atomic mass is 10.0. The summed E-state index contributed by atoms with van der Waals surface area (Å²) in [5.41, 5.74) is 2.00. The monoisotopic (exact) mass is 221 g/mol. The van der Waals surface area contributed by atoms with Crippen LogP contribution < -0.4 is 0 Å². The summed E-state index contributed by atoms with van der Waals surface area (Å²) in [7, 11) is 3.97. The summed E-state index contributed by atoms with van der Waals surface area (Å²) in [5, 5.41) is 4.29. The average Bonchev–Trinajstić information content (AvgIpc) is 2.69. The van der Waals surface area contributed by atoms with E-state index in [2.05, 4.69) is 5.10 Å². The van der Waals surface area contributed by atoms with Crippen LogP contribution in [0, 0.1) is 0 Å². The Balaban J connectivity index is 2.08. The molecule has 0 aliphatic carbocycles. The Morgan fingerprint density at radius 2 is 2.31 bits per heavy atom. The number of carbonyl (C=O) groups excluding carboxylic acids is 1. The smallest absolute Gasteiger partial charge is 0.167 e. The fourth-order valence-corrected chi connectivity index (χ4v) is 2.11. The van der Waals surface area contributed by atoms with Crippen molar-refractivity contribution in [2.24, 2.45) is 0 Å². The minimum Gasteiger partial charge on any atom is -0.309 e. The molecule has 0 saturated carbocycles. The largest absolute Gasteiger partial charge is 0.309 e. The summed E-state index contributed by atoms with van der Waals surface area (Å²) in [6.45, 7) is 1.78. The van der Waals surface area contributed by atoms with Crippen LogP contribution in [0.1, 0.15) is 35.3 Å². The molecular formula is C12H19N3O. The quantitative estimate of drug-likeness (QED) is 0.720. The second-order valence-electron chi connectivity index (χ2n) is 4.66. The van der Waals surface area contributed by atoms with E-state index in [-0.39, 0.29) is 5.78 Å². The Morgan fingerprint density at radius 3 is 3.06 bits per heavy atom. The molecule has 1 aromatic rings. The van der Waals surface area contributed by atoms with Crippen LogP contribution in [-0.4, -0.2) is 41.1 Å². The minimum absolute atomic E-state index is 0.233. The number of fused-ring (bicyclic) bond motifs is 1. The maximum absolute atomic E-state index is 12.0. The summed E-state index contributed by atoms with van der Waals surface area (Å²) >= 11 is 0. The molecule has 0 fully saturated rings. The van der Waals surface area contributed by atoms with Gasteiger partial charge in [-0.3, -0.25) is 9.48 Å². The third kappa shape index (κ3) is 2.32. The molecule has 1 aliphatic rings. The number of ketones is 1. The van der Waals surface area contributed by atoms with Gasteiger partial charge in [0.15, 0.2) is 5.78 Å². The highest BCUT2D eigenvalue weighted by Crippen LogP contribution is 2.19. The van der Waals surface area contributed by atoms with Crippen LogP contribution in [-0.2, 0) is 13.0 Å². The molecule has 1 aromatic heterocycles. The lowest BCUT2D eigenvalue weighted by Crippen LogP contribution is -2.18. The molecule has 2 heterocycles. The van der Waals surface area contributed by atoms with Crippen molar-refractivity contribution < 1.29 is 4.79 Å². The zero-order chi connectivity index (χ0) is 11.5. The van der Waals surface area contributed by atoms with Crippen molar-refractivity contribution in [1.82, 2.24) is 14.7 Å². The number of Topliss-reactive ketones (excluding diaryl/α,β-unsaturated/α-hetero) is 1. The third-order valence-electron chi connectivity index (χ3n) is 3.07. The Morgan fingerprint density at radius 1 is 1.50 bits per heavy atom. The van der Waals surface area contributed by atoms with Gasteiger partial charge in [-0.2, -0.15) is 5.10 Å². The molecule has 0 bridgehead atoms. The highest BCUT2D eigenvalue weighted by molar-refractivity contribution is 5.97. The summed E-state index contributed by atoms with van der Waals surface area (Å²) in [6, 6.07) is 0. The van der Waals surface area contributed by atoms with Gasteiger partial charge in [0.25, 0.3) is 0 Å². The van der Waals surface area contributed by atoms with Gasteiger partial charge in [-0.25, -0.2) is 0 Å². The topological polar surface area (TPSA) is 38.1 Å². The number of carbonyl (C=O) groups is 1. The first-order chi connectivity index (χ1) is 7.68. The zero-order valence-electron chi connectivity index (χ0n) is 10.1. The van der Waals surface area contributed by atoms with Gasteiger partial charge >= 0.3 is 0 Å². The third-order valence-corrected chi connectivity index (χ3v) is 3.07. The molecule has 0 atom stereocenters. The van der Waals surface area contributed by atoms with Crippen molar-refractivity contribution in [3.05, 3.63) is 17.5 Å². The molecule has 4 nitrogen and oxygen atoms in total. The Bertz CT molecular complexity index is 382. The van der Waals surface area contributed by atoms with E-state index in [1.807, 2.05) is 23.7 Å². The molecule has 0 aromatic carbocycles. The molecule has 0 saturated heterocycles. The van der Waals surface area contributed by atoms with E-state index < -0.39 is 0 Å². The molecule has 1 aliphatic heterocycles. The molecule has 2 rings (SSSR count). The van der Waals surface area contributed by atoms with Crippen LogP contribution in [0.15, 0.2) is 6.20 Å². The van der Waals surface area contributed by atoms with Gasteiger partial charge in [0.1, 0.15) is 0 Å². The molecule has 0 spiro atoms. The van der Waals surface area contributed by atoms with E-state index in [0.717, 1.165) is 30.8 Å². The lowest BCUT2D eigenvalue weighted by Gasteiger charge is -2.14. The first-order valence-electron chi connectivity index (χ1n) is 5.91.